The predicted octanol–water partition coefficient (Wildman–Crippen LogP) is 3.00. The van der Waals surface area contributed by atoms with Crippen molar-refractivity contribution in [1.29, 1.82) is 0 Å². The zero-order valence-electron chi connectivity index (χ0n) is 10.7. The molecule has 3 heterocycles. The van der Waals surface area contributed by atoms with E-state index in [9.17, 15) is 0 Å². The van der Waals surface area contributed by atoms with Gasteiger partial charge < -0.3 is 4.74 Å². The maximum Gasteiger partial charge on any atom is 0.181 e. The van der Waals surface area contributed by atoms with Crippen LogP contribution in [0.5, 0.6) is 0 Å². The van der Waals surface area contributed by atoms with Crippen molar-refractivity contribution >= 4 is 11.6 Å². The van der Waals surface area contributed by atoms with Crippen LogP contribution in [-0.2, 0) is 4.74 Å². The summed E-state index contributed by atoms with van der Waals surface area (Å²) < 4.78 is 7.47. The summed E-state index contributed by atoms with van der Waals surface area (Å²) in [7, 11) is 0. The summed E-state index contributed by atoms with van der Waals surface area (Å²) in [6.07, 6.45) is 5.00. The molecule has 1 atom stereocenters. The zero-order valence-corrected chi connectivity index (χ0v) is 11.5. The molecule has 1 fully saturated rings. The number of aromatic nitrogens is 4. The summed E-state index contributed by atoms with van der Waals surface area (Å²) in [6.45, 7) is 2.69. The number of pyridine rings is 1. The summed E-state index contributed by atoms with van der Waals surface area (Å²) in [5, 5.41) is 4.94. The molecule has 100 valence electrons. The van der Waals surface area contributed by atoms with Gasteiger partial charge in [0.2, 0.25) is 0 Å². The molecule has 3 rings (SSSR count). The first kappa shape index (κ1) is 12.6. The van der Waals surface area contributed by atoms with Crippen molar-refractivity contribution in [3.05, 3.63) is 29.3 Å². The molecule has 1 aliphatic rings. The molecule has 1 unspecified atom stereocenters. The maximum atomic E-state index is 5.96. The van der Waals surface area contributed by atoms with Crippen molar-refractivity contribution < 1.29 is 4.74 Å². The molecule has 2 aromatic rings. The first-order chi connectivity index (χ1) is 9.22. The largest absolute Gasteiger partial charge is 0.356 e. The topological polar surface area (TPSA) is 52.8 Å². The fraction of sp³-hybridized carbons (Fsp3) is 0.462. The minimum atomic E-state index is 0.00778. The van der Waals surface area contributed by atoms with Gasteiger partial charge in [-0.25, -0.2) is 14.6 Å². The highest BCUT2D eigenvalue weighted by Crippen LogP contribution is 2.24. The van der Waals surface area contributed by atoms with E-state index in [0.29, 0.717) is 11.0 Å². The summed E-state index contributed by atoms with van der Waals surface area (Å²) >= 11 is 5.96. The highest BCUT2D eigenvalue weighted by Gasteiger charge is 2.17. The van der Waals surface area contributed by atoms with Crippen LogP contribution in [0, 0.1) is 6.92 Å². The van der Waals surface area contributed by atoms with E-state index in [1.54, 1.807) is 17.1 Å². The Kier molecular flexibility index (Phi) is 3.48. The zero-order chi connectivity index (χ0) is 13.2. The van der Waals surface area contributed by atoms with Gasteiger partial charge in [-0.2, -0.15) is 0 Å². The highest BCUT2D eigenvalue weighted by atomic mass is 35.5. The maximum absolute atomic E-state index is 5.96. The van der Waals surface area contributed by atoms with Crippen molar-refractivity contribution in [2.24, 2.45) is 0 Å². The average molecular weight is 279 g/mol. The van der Waals surface area contributed by atoms with Gasteiger partial charge in [-0.15, -0.1) is 5.10 Å². The third-order valence-electron chi connectivity index (χ3n) is 3.14. The van der Waals surface area contributed by atoms with Crippen LogP contribution >= 0.6 is 11.6 Å². The Morgan fingerprint density at radius 1 is 1.37 bits per heavy atom. The van der Waals surface area contributed by atoms with Crippen LogP contribution in [0.15, 0.2) is 18.5 Å². The number of hydrogen-bond donors (Lipinski definition) is 0. The van der Waals surface area contributed by atoms with Gasteiger partial charge in [0.15, 0.2) is 12.1 Å². The number of hydrogen-bond acceptors (Lipinski definition) is 4. The summed E-state index contributed by atoms with van der Waals surface area (Å²) in [6, 6.07) is 3.70. The van der Waals surface area contributed by atoms with Crippen LogP contribution in [0.1, 0.15) is 31.2 Å². The van der Waals surface area contributed by atoms with E-state index in [1.165, 1.54) is 6.42 Å². The van der Waals surface area contributed by atoms with E-state index < -0.39 is 0 Å². The molecule has 0 amide bonds. The normalized spacial score (nSPS) is 19.6. The number of nitrogens with zero attached hydrogens (tertiary/aromatic N) is 4. The van der Waals surface area contributed by atoms with E-state index in [2.05, 4.69) is 15.1 Å². The van der Waals surface area contributed by atoms with Crippen molar-refractivity contribution in [2.75, 3.05) is 6.61 Å². The minimum absolute atomic E-state index is 0.00778. The second-order valence-electron chi connectivity index (χ2n) is 4.69. The molecule has 6 heteroatoms. The van der Waals surface area contributed by atoms with Gasteiger partial charge in [-0.1, -0.05) is 11.6 Å². The number of aryl methyl sites for hydroxylation is 1. The van der Waals surface area contributed by atoms with E-state index >= 15 is 0 Å². The van der Waals surface area contributed by atoms with Gasteiger partial charge >= 0.3 is 0 Å². The first-order valence-electron chi connectivity index (χ1n) is 6.40. The molecule has 2 aromatic heterocycles. The highest BCUT2D eigenvalue weighted by molar-refractivity contribution is 6.29. The number of rotatable bonds is 2. The number of ether oxygens (including phenoxy) is 1. The molecule has 0 spiro atoms. The van der Waals surface area contributed by atoms with E-state index in [1.807, 2.05) is 13.0 Å². The molecule has 1 aliphatic heterocycles. The fourth-order valence-electron chi connectivity index (χ4n) is 2.24. The fourth-order valence-corrected chi connectivity index (χ4v) is 2.49. The van der Waals surface area contributed by atoms with Crippen LogP contribution in [0.25, 0.3) is 11.4 Å². The molecule has 1 saturated heterocycles. The molecular formula is C13H15ClN4O. The van der Waals surface area contributed by atoms with Gasteiger partial charge in [0.25, 0.3) is 0 Å². The molecule has 19 heavy (non-hydrogen) atoms. The van der Waals surface area contributed by atoms with Crippen molar-refractivity contribution in [3.8, 4) is 11.4 Å². The molecule has 0 radical (unpaired) electrons. The molecule has 0 aliphatic carbocycles. The SMILES string of the molecule is Cc1cc(-c2ncn(C3CCCCO3)n2)cc(Cl)n1. The summed E-state index contributed by atoms with van der Waals surface area (Å²) in [5.41, 5.74) is 1.74. The first-order valence-corrected chi connectivity index (χ1v) is 6.77. The third-order valence-corrected chi connectivity index (χ3v) is 3.33. The van der Waals surface area contributed by atoms with Crippen LogP contribution < -0.4 is 0 Å². The van der Waals surface area contributed by atoms with Crippen LogP contribution in [0.3, 0.4) is 0 Å². The van der Waals surface area contributed by atoms with E-state index in [4.69, 9.17) is 16.3 Å². The Hall–Kier alpha value is -1.46. The molecule has 0 N–H and O–H groups in total. The lowest BCUT2D eigenvalue weighted by Gasteiger charge is -2.21. The van der Waals surface area contributed by atoms with Gasteiger partial charge in [0.1, 0.15) is 11.5 Å². The van der Waals surface area contributed by atoms with E-state index in [0.717, 1.165) is 30.7 Å². The lowest BCUT2D eigenvalue weighted by atomic mass is 10.2. The van der Waals surface area contributed by atoms with Gasteiger partial charge in [0, 0.05) is 17.9 Å². The van der Waals surface area contributed by atoms with Crippen molar-refractivity contribution in [3.63, 3.8) is 0 Å². The Balaban J connectivity index is 1.87. The smallest absolute Gasteiger partial charge is 0.181 e. The quantitative estimate of drug-likeness (QED) is 0.793. The predicted molar refractivity (Wildman–Crippen MR) is 71.8 cm³/mol. The van der Waals surface area contributed by atoms with Gasteiger partial charge in [0.05, 0.1) is 0 Å². The molecule has 0 bridgehead atoms. The number of halogens is 1. The molecule has 5 nitrogen and oxygen atoms in total. The Labute approximate surface area is 116 Å². The van der Waals surface area contributed by atoms with Crippen LogP contribution in [0.4, 0.5) is 0 Å². The van der Waals surface area contributed by atoms with E-state index in [-0.39, 0.29) is 6.23 Å². The van der Waals surface area contributed by atoms with Gasteiger partial charge in [-0.3, -0.25) is 0 Å². The molecule has 0 saturated carbocycles. The summed E-state index contributed by atoms with van der Waals surface area (Å²) in [5.74, 6) is 0.654. The van der Waals surface area contributed by atoms with Crippen molar-refractivity contribution in [1.82, 2.24) is 19.7 Å². The Morgan fingerprint density at radius 2 is 2.26 bits per heavy atom. The van der Waals surface area contributed by atoms with Crippen LogP contribution in [0.2, 0.25) is 5.15 Å². The Bertz CT molecular complexity index is 558. The minimum Gasteiger partial charge on any atom is -0.356 e. The molecular weight excluding hydrogens is 264 g/mol. The molecule has 0 aromatic carbocycles. The second kappa shape index (κ2) is 5.27. The average Bonchev–Trinajstić information content (AvgIpc) is 2.88. The third kappa shape index (κ3) is 2.77. The monoisotopic (exact) mass is 278 g/mol. The standard InChI is InChI=1S/C13H15ClN4O/c1-9-6-10(7-11(14)16-9)13-15-8-18(17-13)12-4-2-3-5-19-12/h6-8,12H,2-5H2,1H3. The summed E-state index contributed by atoms with van der Waals surface area (Å²) in [4.78, 5) is 8.46. The van der Waals surface area contributed by atoms with Crippen molar-refractivity contribution in [2.45, 2.75) is 32.4 Å². The Morgan fingerprint density at radius 3 is 3.00 bits per heavy atom. The van der Waals surface area contributed by atoms with Gasteiger partial charge in [-0.05, 0) is 38.3 Å². The van der Waals surface area contributed by atoms with Crippen LogP contribution in [-0.4, -0.2) is 26.4 Å². The lowest BCUT2D eigenvalue weighted by molar-refractivity contribution is -0.0395. The second-order valence-corrected chi connectivity index (χ2v) is 5.08. The lowest BCUT2D eigenvalue weighted by Crippen LogP contribution is -2.18.